The minimum atomic E-state index is 0.347. The number of nitrogens with zero attached hydrogens (tertiary/aromatic N) is 4. The molecule has 0 bridgehead atoms. The highest BCUT2D eigenvalue weighted by atomic mass is 16.1. The van der Waals surface area contributed by atoms with E-state index in [0.29, 0.717) is 24.5 Å². The lowest BCUT2D eigenvalue weighted by atomic mass is 10.1. The molecule has 0 N–H and O–H groups in total. The van der Waals surface area contributed by atoms with E-state index in [2.05, 4.69) is 34.9 Å². The second-order valence-corrected chi connectivity index (χ2v) is 5.33. The Labute approximate surface area is 112 Å². The lowest BCUT2D eigenvalue weighted by Crippen LogP contribution is -2.34. The van der Waals surface area contributed by atoms with Gasteiger partial charge in [0.1, 0.15) is 11.3 Å². The number of rotatable bonds is 2. The Balaban J connectivity index is 2.01. The number of aromatic nitrogens is 3. The van der Waals surface area contributed by atoms with Crippen molar-refractivity contribution in [3.63, 3.8) is 0 Å². The number of hydrogen-bond acceptors (Lipinski definition) is 4. The van der Waals surface area contributed by atoms with Crippen LogP contribution in [0.3, 0.4) is 0 Å². The molecule has 0 aliphatic carbocycles. The van der Waals surface area contributed by atoms with Gasteiger partial charge < -0.3 is 4.90 Å². The van der Waals surface area contributed by atoms with Gasteiger partial charge in [-0.25, -0.2) is 9.50 Å². The molecule has 3 heterocycles. The topological polar surface area (TPSA) is 50.5 Å². The molecule has 0 radical (unpaired) electrons. The maximum Gasteiger partial charge on any atom is 0.154 e. The van der Waals surface area contributed by atoms with E-state index in [4.69, 9.17) is 0 Å². The number of anilines is 1. The van der Waals surface area contributed by atoms with Crippen molar-refractivity contribution in [3.8, 4) is 0 Å². The fourth-order valence-electron chi connectivity index (χ4n) is 2.42. The number of ketones is 1. The molecule has 1 aliphatic heterocycles. The molecule has 100 valence electrons. The smallest absolute Gasteiger partial charge is 0.154 e. The minimum Gasteiger partial charge on any atom is -0.354 e. The maximum absolute atomic E-state index is 11.3. The highest BCUT2D eigenvalue weighted by Crippen LogP contribution is 2.24. The van der Waals surface area contributed by atoms with Crippen molar-refractivity contribution in [2.75, 3.05) is 18.0 Å². The van der Waals surface area contributed by atoms with Crippen LogP contribution >= 0.6 is 0 Å². The largest absolute Gasteiger partial charge is 0.354 e. The molecule has 2 aromatic heterocycles. The van der Waals surface area contributed by atoms with E-state index in [1.165, 1.54) is 0 Å². The van der Waals surface area contributed by atoms with Crippen LogP contribution in [0.15, 0.2) is 18.5 Å². The summed E-state index contributed by atoms with van der Waals surface area (Å²) in [7, 11) is 0. The zero-order chi connectivity index (χ0) is 13.4. The fraction of sp³-hybridized carbons (Fsp3) is 0.500. The van der Waals surface area contributed by atoms with Gasteiger partial charge in [0.2, 0.25) is 0 Å². The summed E-state index contributed by atoms with van der Waals surface area (Å²) < 4.78 is 1.88. The van der Waals surface area contributed by atoms with Crippen molar-refractivity contribution < 1.29 is 4.79 Å². The average Bonchev–Trinajstić information content (AvgIpc) is 2.83. The van der Waals surface area contributed by atoms with Gasteiger partial charge in [-0.3, -0.25) is 4.79 Å². The first-order valence-corrected chi connectivity index (χ1v) is 6.76. The second-order valence-electron chi connectivity index (χ2n) is 5.33. The van der Waals surface area contributed by atoms with Crippen LogP contribution < -0.4 is 4.90 Å². The molecule has 5 nitrogen and oxygen atoms in total. The molecule has 0 amide bonds. The Morgan fingerprint density at radius 2 is 2.00 bits per heavy atom. The van der Waals surface area contributed by atoms with Gasteiger partial charge in [-0.2, -0.15) is 5.10 Å². The van der Waals surface area contributed by atoms with Crippen molar-refractivity contribution in [2.24, 2.45) is 0 Å². The number of piperidine rings is 1. The van der Waals surface area contributed by atoms with Gasteiger partial charge in [0.25, 0.3) is 0 Å². The van der Waals surface area contributed by atoms with Crippen LogP contribution in [0, 0.1) is 0 Å². The summed E-state index contributed by atoms with van der Waals surface area (Å²) in [4.78, 5) is 18.0. The predicted molar refractivity (Wildman–Crippen MR) is 73.5 cm³/mol. The van der Waals surface area contributed by atoms with Gasteiger partial charge in [0.15, 0.2) is 5.82 Å². The van der Waals surface area contributed by atoms with Crippen LogP contribution in [0.4, 0.5) is 5.82 Å². The Morgan fingerprint density at radius 3 is 2.68 bits per heavy atom. The van der Waals surface area contributed by atoms with Gasteiger partial charge in [-0.05, 0) is 12.0 Å². The number of hydrogen-bond donors (Lipinski definition) is 0. The molecule has 0 unspecified atom stereocenters. The van der Waals surface area contributed by atoms with Crippen molar-refractivity contribution in [1.29, 1.82) is 0 Å². The summed E-state index contributed by atoms with van der Waals surface area (Å²) in [5.41, 5.74) is 2.10. The summed E-state index contributed by atoms with van der Waals surface area (Å²) in [5.74, 6) is 1.68. The summed E-state index contributed by atoms with van der Waals surface area (Å²) in [6, 6.07) is 2.10. The second kappa shape index (κ2) is 4.64. The zero-order valence-corrected chi connectivity index (χ0v) is 11.3. The van der Waals surface area contributed by atoms with Crippen molar-refractivity contribution in [3.05, 3.63) is 24.2 Å². The van der Waals surface area contributed by atoms with Crippen LogP contribution in [0.1, 0.15) is 38.3 Å². The maximum atomic E-state index is 11.3. The predicted octanol–water partition coefficient (Wildman–Crippen LogP) is 2.02. The zero-order valence-electron chi connectivity index (χ0n) is 11.3. The first kappa shape index (κ1) is 12.1. The molecule has 3 rings (SSSR count). The highest BCUT2D eigenvalue weighted by Gasteiger charge is 2.20. The van der Waals surface area contributed by atoms with Crippen LogP contribution in [0.2, 0.25) is 0 Å². The van der Waals surface area contributed by atoms with Crippen molar-refractivity contribution in [1.82, 2.24) is 14.6 Å². The van der Waals surface area contributed by atoms with E-state index >= 15 is 0 Å². The summed E-state index contributed by atoms with van der Waals surface area (Å²) in [6.07, 6.45) is 4.89. The molecule has 0 aromatic carbocycles. The third-order valence-corrected chi connectivity index (χ3v) is 3.60. The molecule has 1 saturated heterocycles. The van der Waals surface area contributed by atoms with Crippen LogP contribution in [-0.4, -0.2) is 33.5 Å². The van der Waals surface area contributed by atoms with E-state index in [1.54, 1.807) is 6.20 Å². The molecular weight excluding hydrogens is 240 g/mol. The van der Waals surface area contributed by atoms with Gasteiger partial charge in [0, 0.05) is 38.3 Å². The lowest BCUT2D eigenvalue weighted by molar-refractivity contribution is -0.119. The van der Waals surface area contributed by atoms with E-state index in [0.717, 1.165) is 30.1 Å². The van der Waals surface area contributed by atoms with Gasteiger partial charge in [-0.15, -0.1) is 0 Å². The van der Waals surface area contributed by atoms with Crippen LogP contribution in [-0.2, 0) is 4.79 Å². The normalized spacial score (nSPS) is 16.6. The molecule has 1 aliphatic rings. The first-order chi connectivity index (χ1) is 9.15. The Bertz CT molecular complexity index is 607. The molecule has 0 saturated carbocycles. The highest BCUT2D eigenvalue weighted by molar-refractivity contribution is 5.82. The molecule has 0 spiro atoms. The van der Waals surface area contributed by atoms with Gasteiger partial charge in [0.05, 0.1) is 5.69 Å². The molecule has 5 heteroatoms. The number of carbonyl (C=O) groups is 1. The Morgan fingerprint density at radius 1 is 1.26 bits per heavy atom. The minimum absolute atomic E-state index is 0.347. The standard InChI is InChI=1S/C14H18N4O/c1-10(2)12-9-13-14(15-5-8-18(13)16-12)17-6-3-11(19)4-7-17/h5,8-10H,3-4,6-7H2,1-2H3. The van der Waals surface area contributed by atoms with Crippen LogP contribution in [0.5, 0.6) is 0 Å². The van der Waals surface area contributed by atoms with Gasteiger partial charge in [-0.1, -0.05) is 13.8 Å². The summed E-state index contributed by atoms with van der Waals surface area (Å²) >= 11 is 0. The Kier molecular flexibility index (Phi) is 2.97. The number of fused-ring (bicyclic) bond motifs is 1. The van der Waals surface area contributed by atoms with Crippen molar-refractivity contribution in [2.45, 2.75) is 32.6 Å². The molecule has 1 fully saturated rings. The van der Waals surface area contributed by atoms with E-state index in [1.807, 2.05) is 10.7 Å². The fourth-order valence-corrected chi connectivity index (χ4v) is 2.42. The molecule has 0 atom stereocenters. The van der Waals surface area contributed by atoms with E-state index in [-0.39, 0.29) is 0 Å². The van der Waals surface area contributed by atoms with Crippen LogP contribution in [0.25, 0.3) is 5.52 Å². The third kappa shape index (κ3) is 2.20. The average molecular weight is 258 g/mol. The molecule has 19 heavy (non-hydrogen) atoms. The lowest BCUT2D eigenvalue weighted by Gasteiger charge is -2.27. The van der Waals surface area contributed by atoms with Gasteiger partial charge >= 0.3 is 0 Å². The van der Waals surface area contributed by atoms with E-state index in [9.17, 15) is 4.79 Å². The quantitative estimate of drug-likeness (QED) is 0.827. The molecule has 2 aromatic rings. The number of carbonyl (C=O) groups excluding carboxylic acids is 1. The summed E-state index contributed by atoms with van der Waals surface area (Å²) in [6.45, 7) is 5.78. The van der Waals surface area contributed by atoms with Crippen molar-refractivity contribution >= 4 is 17.1 Å². The monoisotopic (exact) mass is 258 g/mol. The molecular formula is C14H18N4O. The first-order valence-electron chi connectivity index (χ1n) is 6.76. The third-order valence-electron chi connectivity index (χ3n) is 3.60. The SMILES string of the molecule is CC(C)c1cc2c(N3CCC(=O)CC3)nccn2n1. The Hall–Kier alpha value is -1.91. The summed E-state index contributed by atoms with van der Waals surface area (Å²) in [5, 5.41) is 4.57. The number of Topliss-reactive ketones (excluding diaryl/α,β-unsaturated/α-hetero) is 1. The van der Waals surface area contributed by atoms with E-state index < -0.39 is 0 Å².